The predicted octanol–water partition coefficient (Wildman–Crippen LogP) is 2.13. The molecule has 4 nitrogen and oxygen atoms in total. The Bertz CT molecular complexity index is 578. The summed E-state index contributed by atoms with van der Waals surface area (Å²) in [6.45, 7) is 1.76. The molecule has 21 heavy (non-hydrogen) atoms. The number of hydrogen-bond donors (Lipinski definition) is 1. The highest BCUT2D eigenvalue weighted by Crippen LogP contribution is 2.25. The van der Waals surface area contributed by atoms with Crippen molar-refractivity contribution in [3.63, 3.8) is 0 Å². The van der Waals surface area contributed by atoms with E-state index in [-0.39, 0.29) is 24.6 Å². The van der Waals surface area contributed by atoms with Gasteiger partial charge in [0, 0.05) is 13.0 Å². The van der Waals surface area contributed by atoms with Crippen LogP contribution in [-0.4, -0.2) is 24.4 Å². The topological polar surface area (TPSA) is 49.4 Å². The molecule has 2 rings (SSSR count). The summed E-state index contributed by atoms with van der Waals surface area (Å²) in [5.41, 5.74) is -0.350. The lowest BCUT2D eigenvalue weighted by molar-refractivity contribution is -0.125. The van der Waals surface area contributed by atoms with Gasteiger partial charge in [0.15, 0.2) is 17.5 Å². The van der Waals surface area contributed by atoms with E-state index in [4.69, 9.17) is 0 Å². The van der Waals surface area contributed by atoms with Crippen molar-refractivity contribution in [1.82, 2.24) is 5.32 Å². The summed E-state index contributed by atoms with van der Waals surface area (Å²) in [5.74, 6) is -5.22. The molecule has 1 unspecified atom stereocenters. The maximum atomic E-state index is 13.8. The first-order valence-corrected chi connectivity index (χ1v) is 6.70. The Hall–Kier alpha value is -2.05. The molecule has 1 N–H and O–H groups in total. The number of hydrogen-bond acceptors (Lipinski definition) is 2. The Balaban J connectivity index is 2.39. The largest absolute Gasteiger partial charge is 0.344 e. The van der Waals surface area contributed by atoms with E-state index >= 15 is 0 Å². The Labute approximate surface area is 119 Å². The van der Waals surface area contributed by atoms with Gasteiger partial charge in [0.2, 0.25) is 11.8 Å². The molecular formula is C14H15F3N2O2. The lowest BCUT2D eigenvalue weighted by atomic mass is 10.1. The van der Waals surface area contributed by atoms with E-state index in [1.807, 2.05) is 6.92 Å². The SMILES string of the molecule is CCCC1NC(=O)CCN(c2ccc(F)c(F)c2F)C1=O. The number of carbonyl (C=O) groups excluding carboxylic acids is 2. The van der Waals surface area contributed by atoms with Crippen molar-refractivity contribution >= 4 is 17.5 Å². The van der Waals surface area contributed by atoms with E-state index in [9.17, 15) is 22.8 Å². The van der Waals surface area contributed by atoms with Crippen LogP contribution in [0.1, 0.15) is 26.2 Å². The summed E-state index contributed by atoms with van der Waals surface area (Å²) < 4.78 is 40.2. The van der Waals surface area contributed by atoms with Gasteiger partial charge in [0.1, 0.15) is 6.04 Å². The van der Waals surface area contributed by atoms with Crippen LogP contribution in [0, 0.1) is 17.5 Å². The molecule has 0 aromatic heterocycles. The molecule has 0 bridgehead atoms. The molecule has 7 heteroatoms. The van der Waals surface area contributed by atoms with Crippen molar-refractivity contribution in [1.29, 1.82) is 0 Å². The van der Waals surface area contributed by atoms with Gasteiger partial charge >= 0.3 is 0 Å². The average molecular weight is 300 g/mol. The number of nitrogens with one attached hydrogen (secondary N) is 1. The van der Waals surface area contributed by atoms with Crippen LogP contribution >= 0.6 is 0 Å². The highest BCUT2D eigenvalue weighted by atomic mass is 19.2. The van der Waals surface area contributed by atoms with Crippen LogP contribution < -0.4 is 10.2 Å². The quantitative estimate of drug-likeness (QED) is 0.869. The molecule has 0 saturated carbocycles. The van der Waals surface area contributed by atoms with E-state index in [1.165, 1.54) is 0 Å². The molecule has 114 valence electrons. The molecule has 1 aromatic carbocycles. The number of anilines is 1. The van der Waals surface area contributed by atoms with Crippen LogP contribution in [0.2, 0.25) is 0 Å². The number of rotatable bonds is 3. The van der Waals surface area contributed by atoms with E-state index in [0.717, 1.165) is 17.0 Å². The van der Waals surface area contributed by atoms with Crippen molar-refractivity contribution < 1.29 is 22.8 Å². The normalized spacial score (nSPS) is 19.4. The van der Waals surface area contributed by atoms with Crippen LogP contribution in [0.5, 0.6) is 0 Å². The fourth-order valence-corrected chi connectivity index (χ4v) is 2.29. The van der Waals surface area contributed by atoms with Gasteiger partial charge < -0.3 is 10.2 Å². The first-order chi connectivity index (χ1) is 9.95. The second-order valence-electron chi connectivity index (χ2n) is 4.84. The van der Waals surface area contributed by atoms with Gasteiger partial charge in [-0.1, -0.05) is 13.3 Å². The predicted molar refractivity (Wildman–Crippen MR) is 70.1 cm³/mol. The molecule has 1 aliphatic rings. The minimum absolute atomic E-state index is 0.0234. The number of benzene rings is 1. The van der Waals surface area contributed by atoms with Gasteiger partial charge in [-0.3, -0.25) is 9.59 Å². The summed E-state index contributed by atoms with van der Waals surface area (Å²) in [5, 5.41) is 2.55. The van der Waals surface area contributed by atoms with E-state index in [0.29, 0.717) is 12.8 Å². The second kappa shape index (κ2) is 6.15. The summed E-state index contributed by atoms with van der Waals surface area (Å²) in [7, 11) is 0. The van der Waals surface area contributed by atoms with Gasteiger partial charge in [-0.15, -0.1) is 0 Å². The molecule has 1 heterocycles. The average Bonchev–Trinajstić information content (AvgIpc) is 2.58. The van der Waals surface area contributed by atoms with E-state index in [2.05, 4.69) is 5.32 Å². The summed E-state index contributed by atoms with van der Waals surface area (Å²) in [6.07, 6.45) is 1.02. The fourth-order valence-electron chi connectivity index (χ4n) is 2.29. The van der Waals surface area contributed by atoms with Gasteiger partial charge in [-0.05, 0) is 18.6 Å². The summed E-state index contributed by atoms with van der Waals surface area (Å²) >= 11 is 0. The smallest absolute Gasteiger partial charge is 0.249 e. The molecule has 1 fully saturated rings. The third-order valence-corrected chi connectivity index (χ3v) is 3.34. The number of nitrogens with zero attached hydrogens (tertiary/aromatic N) is 1. The maximum absolute atomic E-state index is 13.8. The summed E-state index contributed by atoms with van der Waals surface area (Å²) in [4.78, 5) is 24.9. The van der Waals surface area contributed by atoms with Crippen LogP contribution in [0.4, 0.5) is 18.9 Å². The highest BCUT2D eigenvalue weighted by molar-refractivity contribution is 6.01. The first-order valence-electron chi connectivity index (χ1n) is 6.70. The number of amides is 2. The highest BCUT2D eigenvalue weighted by Gasteiger charge is 2.32. The standard InChI is InChI=1S/C14H15F3N2O2/c1-2-3-9-14(21)19(7-6-11(20)18-9)10-5-4-8(15)12(16)13(10)17/h4-5,9H,2-3,6-7H2,1H3,(H,18,20). The lowest BCUT2D eigenvalue weighted by Gasteiger charge is -2.24. The van der Waals surface area contributed by atoms with Crippen molar-refractivity contribution in [3.05, 3.63) is 29.6 Å². The molecule has 2 amide bonds. The molecule has 0 radical (unpaired) electrons. The molecular weight excluding hydrogens is 285 g/mol. The maximum Gasteiger partial charge on any atom is 0.249 e. The van der Waals surface area contributed by atoms with Gasteiger partial charge in [0.05, 0.1) is 5.69 Å². The van der Waals surface area contributed by atoms with Crippen LogP contribution in [0.15, 0.2) is 12.1 Å². The zero-order valence-corrected chi connectivity index (χ0v) is 11.5. The second-order valence-corrected chi connectivity index (χ2v) is 4.84. The Morgan fingerprint density at radius 1 is 1.24 bits per heavy atom. The summed E-state index contributed by atoms with van der Waals surface area (Å²) in [6, 6.07) is 0.984. The minimum Gasteiger partial charge on any atom is -0.344 e. The fraction of sp³-hybridized carbons (Fsp3) is 0.429. The van der Waals surface area contributed by atoms with E-state index in [1.54, 1.807) is 0 Å². The van der Waals surface area contributed by atoms with Gasteiger partial charge in [-0.25, -0.2) is 13.2 Å². The lowest BCUT2D eigenvalue weighted by Crippen LogP contribution is -2.45. The third kappa shape index (κ3) is 3.01. The van der Waals surface area contributed by atoms with Crippen LogP contribution in [0.25, 0.3) is 0 Å². The molecule has 1 saturated heterocycles. The van der Waals surface area contributed by atoms with Crippen molar-refractivity contribution in [2.45, 2.75) is 32.2 Å². The van der Waals surface area contributed by atoms with Crippen molar-refractivity contribution in [2.75, 3.05) is 11.4 Å². The molecule has 0 spiro atoms. The minimum atomic E-state index is -1.63. The number of halogens is 3. The number of carbonyl (C=O) groups is 2. The van der Waals surface area contributed by atoms with Gasteiger partial charge in [0.25, 0.3) is 0 Å². The zero-order valence-electron chi connectivity index (χ0n) is 11.5. The van der Waals surface area contributed by atoms with Crippen LogP contribution in [0.3, 0.4) is 0 Å². The third-order valence-electron chi connectivity index (χ3n) is 3.34. The Morgan fingerprint density at radius 2 is 1.95 bits per heavy atom. The Morgan fingerprint density at radius 3 is 2.62 bits per heavy atom. The van der Waals surface area contributed by atoms with E-state index < -0.39 is 29.4 Å². The molecule has 1 aliphatic heterocycles. The van der Waals surface area contributed by atoms with Crippen molar-refractivity contribution in [2.24, 2.45) is 0 Å². The first kappa shape index (κ1) is 15.3. The zero-order chi connectivity index (χ0) is 15.6. The van der Waals surface area contributed by atoms with Gasteiger partial charge in [-0.2, -0.15) is 0 Å². The van der Waals surface area contributed by atoms with Crippen molar-refractivity contribution in [3.8, 4) is 0 Å². The molecule has 1 aromatic rings. The van der Waals surface area contributed by atoms with Crippen LogP contribution in [-0.2, 0) is 9.59 Å². The molecule has 1 atom stereocenters. The molecule has 0 aliphatic carbocycles. The Kier molecular flexibility index (Phi) is 4.50. The monoisotopic (exact) mass is 300 g/mol.